The number of likely N-dealkylation sites (tertiary alicyclic amines) is 1. The van der Waals surface area contributed by atoms with Crippen molar-refractivity contribution in [2.24, 2.45) is 5.92 Å². The zero-order chi connectivity index (χ0) is 23.5. The molecule has 1 amide bonds. The minimum absolute atomic E-state index is 0.0531. The molecule has 174 valence electrons. The third kappa shape index (κ3) is 4.62. The van der Waals surface area contributed by atoms with E-state index < -0.39 is 23.7 Å². The molecule has 2 aliphatic heterocycles. The van der Waals surface area contributed by atoms with Crippen molar-refractivity contribution in [3.8, 4) is 11.5 Å². The Morgan fingerprint density at radius 3 is 2.52 bits per heavy atom. The number of phenolic OH excluding ortho intramolecular Hbond substituents is 1. The number of aryl methyl sites for hydroxylation is 1. The van der Waals surface area contributed by atoms with Gasteiger partial charge in [0.2, 0.25) is 5.78 Å². The van der Waals surface area contributed by atoms with Gasteiger partial charge in [-0.1, -0.05) is 35.9 Å². The van der Waals surface area contributed by atoms with Gasteiger partial charge in [0.1, 0.15) is 19.0 Å². The number of phenols is 1. The van der Waals surface area contributed by atoms with Crippen LogP contribution in [0.25, 0.3) is 0 Å². The molecule has 2 aromatic rings. The fourth-order valence-electron chi connectivity index (χ4n) is 4.56. The number of quaternary nitrogens is 1. The second-order valence-corrected chi connectivity index (χ2v) is 8.56. The highest BCUT2D eigenvalue weighted by Gasteiger charge is 2.51. The van der Waals surface area contributed by atoms with Gasteiger partial charge in [0, 0.05) is 5.56 Å². The number of nitrogens with one attached hydrogen (secondary N) is 1. The van der Waals surface area contributed by atoms with Crippen LogP contribution in [0.5, 0.6) is 11.5 Å². The number of benzene rings is 2. The van der Waals surface area contributed by atoms with Gasteiger partial charge in [0.05, 0.1) is 39.5 Å². The highest BCUT2D eigenvalue weighted by Crippen LogP contribution is 2.40. The molecule has 2 fully saturated rings. The van der Waals surface area contributed by atoms with Crippen molar-refractivity contribution >= 4 is 17.5 Å². The van der Waals surface area contributed by atoms with Crippen molar-refractivity contribution < 1.29 is 33.9 Å². The summed E-state index contributed by atoms with van der Waals surface area (Å²) in [5.74, 6) is -2.72. The topological polar surface area (TPSA) is 97.6 Å². The summed E-state index contributed by atoms with van der Waals surface area (Å²) >= 11 is 0. The van der Waals surface area contributed by atoms with Crippen LogP contribution in [-0.4, -0.2) is 74.0 Å². The van der Waals surface area contributed by atoms with Crippen molar-refractivity contribution in [3.63, 3.8) is 0 Å². The van der Waals surface area contributed by atoms with Gasteiger partial charge in [-0.3, -0.25) is 14.4 Å². The lowest BCUT2D eigenvalue weighted by Gasteiger charge is -2.30. The lowest BCUT2D eigenvalue weighted by molar-refractivity contribution is -0.907. The highest BCUT2D eigenvalue weighted by molar-refractivity contribution is 6.44. The van der Waals surface area contributed by atoms with E-state index >= 15 is 0 Å². The van der Waals surface area contributed by atoms with Crippen LogP contribution in [0.15, 0.2) is 42.5 Å². The van der Waals surface area contributed by atoms with E-state index in [4.69, 9.17) is 9.47 Å². The summed E-state index contributed by atoms with van der Waals surface area (Å²) in [7, 11) is 1.43. The van der Waals surface area contributed by atoms with E-state index in [1.165, 1.54) is 23.0 Å². The molecule has 8 nitrogen and oxygen atoms in total. The summed E-state index contributed by atoms with van der Waals surface area (Å²) in [5, 5.41) is 10.0. The number of hydrogen-bond acceptors (Lipinski definition) is 6. The molecule has 0 saturated carbocycles. The molecular weight excluding hydrogens is 424 g/mol. The van der Waals surface area contributed by atoms with Gasteiger partial charge in [-0.2, -0.15) is 0 Å². The molecule has 0 radical (unpaired) electrons. The Morgan fingerprint density at radius 2 is 1.85 bits per heavy atom. The SMILES string of the molecule is COc1cc(C2C(C(=O)c3ccc(C)cc3)C(=O)C(=O)N2CC[NH+]2CCOCC2)ccc1O. The van der Waals surface area contributed by atoms with E-state index in [0.717, 1.165) is 18.7 Å². The number of carbonyl (C=O) groups excluding carboxylic acids is 3. The Kier molecular flexibility index (Phi) is 6.76. The summed E-state index contributed by atoms with van der Waals surface area (Å²) in [6, 6.07) is 10.9. The number of aromatic hydroxyl groups is 1. The number of amides is 1. The Morgan fingerprint density at radius 1 is 1.15 bits per heavy atom. The summed E-state index contributed by atoms with van der Waals surface area (Å²) in [5.41, 5.74) is 1.96. The second kappa shape index (κ2) is 9.72. The zero-order valence-electron chi connectivity index (χ0n) is 18.9. The predicted molar refractivity (Wildman–Crippen MR) is 120 cm³/mol. The van der Waals surface area contributed by atoms with Crippen LogP contribution in [0.2, 0.25) is 0 Å². The summed E-state index contributed by atoms with van der Waals surface area (Å²) in [6.07, 6.45) is 0. The molecule has 2 saturated heterocycles. The standard InChI is InChI=1S/C25H28N2O6/c1-16-3-5-17(6-4-16)23(29)21-22(18-7-8-19(28)20(15-18)32-2)27(25(31)24(21)30)10-9-26-11-13-33-14-12-26/h3-8,15,21-22,28H,9-14H2,1-2H3/p+1. The summed E-state index contributed by atoms with van der Waals surface area (Å²) < 4.78 is 10.6. The predicted octanol–water partition coefficient (Wildman–Crippen LogP) is 0.576. The van der Waals surface area contributed by atoms with Crippen molar-refractivity contribution in [3.05, 3.63) is 59.2 Å². The first-order valence-corrected chi connectivity index (χ1v) is 11.1. The minimum atomic E-state index is -1.16. The van der Waals surface area contributed by atoms with Gasteiger partial charge < -0.3 is 24.4 Å². The van der Waals surface area contributed by atoms with E-state index in [9.17, 15) is 19.5 Å². The van der Waals surface area contributed by atoms with Gasteiger partial charge in [-0.15, -0.1) is 0 Å². The van der Waals surface area contributed by atoms with Crippen LogP contribution in [0.3, 0.4) is 0 Å². The number of nitrogens with zero attached hydrogens (tertiary/aromatic N) is 1. The highest BCUT2D eigenvalue weighted by atomic mass is 16.5. The number of rotatable bonds is 7. The molecule has 0 aliphatic carbocycles. The number of Topliss-reactive ketones (excluding diaryl/α,β-unsaturated/α-hetero) is 2. The average Bonchev–Trinajstić information content (AvgIpc) is 3.08. The lowest BCUT2D eigenvalue weighted by atomic mass is 9.86. The van der Waals surface area contributed by atoms with E-state index in [-0.39, 0.29) is 17.3 Å². The van der Waals surface area contributed by atoms with Crippen molar-refractivity contribution in [1.82, 2.24) is 4.90 Å². The van der Waals surface area contributed by atoms with Crippen LogP contribution < -0.4 is 9.64 Å². The van der Waals surface area contributed by atoms with E-state index in [1.807, 2.05) is 19.1 Å². The third-order valence-electron chi connectivity index (χ3n) is 6.48. The normalized spacial score (nSPS) is 21.5. The molecule has 0 bridgehead atoms. The maximum Gasteiger partial charge on any atom is 0.291 e. The minimum Gasteiger partial charge on any atom is -0.504 e. The quantitative estimate of drug-likeness (QED) is 0.362. The molecule has 33 heavy (non-hydrogen) atoms. The van der Waals surface area contributed by atoms with Gasteiger partial charge in [0.15, 0.2) is 17.3 Å². The van der Waals surface area contributed by atoms with Crippen LogP contribution in [0.1, 0.15) is 27.5 Å². The maximum atomic E-state index is 13.5. The van der Waals surface area contributed by atoms with E-state index in [1.54, 1.807) is 24.3 Å². The number of hydrogen-bond donors (Lipinski definition) is 2. The molecule has 8 heteroatoms. The monoisotopic (exact) mass is 453 g/mol. The number of morpholine rings is 1. The number of methoxy groups -OCH3 is 1. The molecule has 4 rings (SSSR count). The van der Waals surface area contributed by atoms with Crippen LogP contribution in [-0.2, 0) is 14.3 Å². The average molecular weight is 454 g/mol. The largest absolute Gasteiger partial charge is 0.504 e. The fraction of sp³-hybridized carbons (Fsp3) is 0.400. The Labute approximate surface area is 192 Å². The molecule has 0 aromatic heterocycles. The Hall–Kier alpha value is -3.23. The molecular formula is C25H29N2O6+. The molecule has 2 heterocycles. The van der Waals surface area contributed by atoms with Crippen molar-refractivity contribution in [2.45, 2.75) is 13.0 Å². The molecule has 2 aliphatic rings. The zero-order valence-corrected chi connectivity index (χ0v) is 18.9. The van der Waals surface area contributed by atoms with Gasteiger partial charge in [-0.05, 0) is 24.6 Å². The van der Waals surface area contributed by atoms with Gasteiger partial charge >= 0.3 is 0 Å². The first-order valence-electron chi connectivity index (χ1n) is 11.1. The molecule has 2 unspecified atom stereocenters. The number of carbonyl (C=O) groups is 3. The van der Waals surface area contributed by atoms with Crippen LogP contribution in [0, 0.1) is 12.8 Å². The van der Waals surface area contributed by atoms with Crippen LogP contribution >= 0.6 is 0 Å². The van der Waals surface area contributed by atoms with E-state index in [0.29, 0.717) is 37.4 Å². The van der Waals surface area contributed by atoms with Crippen molar-refractivity contribution in [2.75, 3.05) is 46.5 Å². The Balaban J connectivity index is 1.70. The molecule has 0 spiro atoms. The van der Waals surface area contributed by atoms with Crippen LogP contribution in [0.4, 0.5) is 0 Å². The first-order chi connectivity index (χ1) is 15.9. The lowest BCUT2D eigenvalue weighted by Crippen LogP contribution is -3.14. The molecule has 2 aromatic carbocycles. The van der Waals surface area contributed by atoms with Gasteiger partial charge in [-0.25, -0.2) is 0 Å². The number of ketones is 2. The second-order valence-electron chi connectivity index (χ2n) is 8.56. The number of ether oxygens (including phenoxy) is 2. The summed E-state index contributed by atoms with van der Waals surface area (Å²) in [6.45, 7) is 5.90. The van der Waals surface area contributed by atoms with E-state index in [2.05, 4.69) is 0 Å². The first kappa shape index (κ1) is 22.9. The summed E-state index contributed by atoms with van der Waals surface area (Å²) in [4.78, 5) is 42.5. The Bertz CT molecular complexity index is 1050. The molecule has 2 atom stereocenters. The molecule has 2 N–H and O–H groups in total. The van der Waals surface area contributed by atoms with Crippen molar-refractivity contribution in [1.29, 1.82) is 0 Å². The maximum absolute atomic E-state index is 13.5. The smallest absolute Gasteiger partial charge is 0.291 e. The van der Waals surface area contributed by atoms with Gasteiger partial charge in [0.25, 0.3) is 5.91 Å². The fourth-order valence-corrected chi connectivity index (χ4v) is 4.56. The third-order valence-corrected chi connectivity index (χ3v) is 6.48.